The number of carbonyl (C=O) groups is 1. The third-order valence-corrected chi connectivity index (χ3v) is 3.36. The number of hydrogen-bond acceptors (Lipinski definition) is 3. The van der Waals surface area contributed by atoms with Gasteiger partial charge in [0, 0.05) is 19.3 Å². The number of anilines is 1. The molecule has 1 heterocycles. The summed E-state index contributed by atoms with van der Waals surface area (Å²) in [6, 6.07) is 9.17. The van der Waals surface area contributed by atoms with Gasteiger partial charge in [-0.05, 0) is 43.7 Å². The summed E-state index contributed by atoms with van der Waals surface area (Å²) in [5, 5.41) is 12.0. The highest BCUT2D eigenvalue weighted by atomic mass is 16.2. The number of rotatable bonds is 2. The molecule has 2 rings (SSSR count). The largest absolute Gasteiger partial charge is 0.316 e. The van der Waals surface area contributed by atoms with Crippen LogP contribution >= 0.6 is 0 Å². The molecule has 1 amide bonds. The van der Waals surface area contributed by atoms with Gasteiger partial charge in [-0.25, -0.2) is 0 Å². The van der Waals surface area contributed by atoms with Gasteiger partial charge in [-0.3, -0.25) is 4.79 Å². The van der Waals surface area contributed by atoms with Gasteiger partial charge in [0.15, 0.2) is 0 Å². The molecule has 94 valence electrons. The molecule has 1 aliphatic rings. The van der Waals surface area contributed by atoms with Gasteiger partial charge in [0.25, 0.3) is 0 Å². The first-order chi connectivity index (χ1) is 8.72. The Hall–Kier alpha value is -1.86. The van der Waals surface area contributed by atoms with Crippen molar-refractivity contribution < 1.29 is 4.79 Å². The summed E-state index contributed by atoms with van der Waals surface area (Å²) >= 11 is 0. The van der Waals surface area contributed by atoms with E-state index in [1.54, 1.807) is 24.1 Å². The molecular weight excluding hydrogens is 226 g/mol. The maximum Gasteiger partial charge on any atom is 0.231 e. The zero-order chi connectivity index (χ0) is 13.0. The highest BCUT2D eigenvalue weighted by molar-refractivity contribution is 5.94. The highest BCUT2D eigenvalue weighted by Crippen LogP contribution is 2.19. The van der Waals surface area contributed by atoms with Crippen molar-refractivity contribution in [3.05, 3.63) is 29.8 Å². The van der Waals surface area contributed by atoms with Crippen LogP contribution in [0.4, 0.5) is 5.69 Å². The Kier molecular flexibility index (Phi) is 3.96. The number of nitrogens with zero attached hydrogens (tertiary/aromatic N) is 2. The zero-order valence-corrected chi connectivity index (χ0v) is 10.5. The molecule has 1 N–H and O–H groups in total. The Morgan fingerprint density at radius 3 is 2.72 bits per heavy atom. The van der Waals surface area contributed by atoms with Crippen LogP contribution in [-0.4, -0.2) is 26.0 Å². The number of hydrogen-bond donors (Lipinski definition) is 1. The van der Waals surface area contributed by atoms with Crippen LogP contribution < -0.4 is 10.2 Å². The van der Waals surface area contributed by atoms with E-state index in [0.717, 1.165) is 31.6 Å². The smallest absolute Gasteiger partial charge is 0.231 e. The van der Waals surface area contributed by atoms with E-state index in [2.05, 4.69) is 11.4 Å². The van der Waals surface area contributed by atoms with Crippen LogP contribution in [0.5, 0.6) is 0 Å². The van der Waals surface area contributed by atoms with Crippen LogP contribution in [0.2, 0.25) is 0 Å². The Labute approximate surface area is 107 Å². The summed E-state index contributed by atoms with van der Waals surface area (Å²) in [6.07, 6.45) is 2.00. The Morgan fingerprint density at radius 1 is 1.44 bits per heavy atom. The second-order valence-corrected chi connectivity index (χ2v) is 4.60. The van der Waals surface area contributed by atoms with E-state index in [-0.39, 0.29) is 11.8 Å². The molecule has 4 heteroatoms. The van der Waals surface area contributed by atoms with Crippen LogP contribution in [-0.2, 0) is 4.79 Å². The summed E-state index contributed by atoms with van der Waals surface area (Å²) in [4.78, 5) is 14.0. The third-order valence-electron chi connectivity index (χ3n) is 3.36. The average Bonchev–Trinajstić information content (AvgIpc) is 2.47. The normalized spacial score (nSPS) is 19.0. The molecular formula is C14H17N3O. The molecule has 0 spiro atoms. The first kappa shape index (κ1) is 12.6. The van der Waals surface area contributed by atoms with Crippen molar-refractivity contribution in [2.75, 3.05) is 25.0 Å². The number of carbonyl (C=O) groups excluding carboxylic acids is 1. The fourth-order valence-electron chi connectivity index (χ4n) is 2.22. The van der Waals surface area contributed by atoms with Crippen molar-refractivity contribution in [2.45, 2.75) is 12.8 Å². The van der Waals surface area contributed by atoms with Crippen molar-refractivity contribution in [3.63, 3.8) is 0 Å². The molecule has 0 radical (unpaired) electrons. The van der Waals surface area contributed by atoms with Crippen molar-refractivity contribution in [2.24, 2.45) is 5.92 Å². The van der Waals surface area contributed by atoms with Gasteiger partial charge in [0.2, 0.25) is 5.91 Å². The van der Waals surface area contributed by atoms with Gasteiger partial charge in [-0.15, -0.1) is 0 Å². The summed E-state index contributed by atoms with van der Waals surface area (Å²) < 4.78 is 0. The minimum Gasteiger partial charge on any atom is -0.316 e. The van der Waals surface area contributed by atoms with Gasteiger partial charge >= 0.3 is 0 Å². The molecule has 1 saturated heterocycles. The fraction of sp³-hybridized carbons (Fsp3) is 0.429. The van der Waals surface area contributed by atoms with E-state index < -0.39 is 0 Å². The van der Waals surface area contributed by atoms with Crippen molar-refractivity contribution in [1.82, 2.24) is 5.32 Å². The number of benzene rings is 1. The summed E-state index contributed by atoms with van der Waals surface area (Å²) in [6.45, 7) is 1.77. The molecule has 1 aromatic carbocycles. The molecule has 4 nitrogen and oxygen atoms in total. The maximum atomic E-state index is 12.3. The van der Waals surface area contributed by atoms with Crippen molar-refractivity contribution in [1.29, 1.82) is 5.26 Å². The SMILES string of the molecule is CN(C(=O)[C@@H]1CCCNC1)c1ccc(C#N)cc1. The van der Waals surface area contributed by atoms with Gasteiger partial charge in [0.05, 0.1) is 17.6 Å². The Bertz CT molecular complexity index is 455. The van der Waals surface area contributed by atoms with Crippen molar-refractivity contribution >= 4 is 11.6 Å². The van der Waals surface area contributed by atoms with E-state index in [9.17, 15) is 4.79 Å². The molecule has 0 aromatic heterocycles. The first-order valence-corrected chi connectivity index (χ1v) is 6.21. The molecule has 0 unspecified atom stereocenters. The topological polar surface area (TPSA) is 56.1 Å². The molecule has 0 saturated carbocycles. The number of nitrogens with one attached hydrogen (secondary N) is 1. The van der Waals surface area contributed by atoms with E-state index in [0.29, 0.717) is 5.56 Å². The minimum atomic E-state index is 0.0689. The standard InChI is InChI=1S/C14H17N3O/c1-17(13-6-4-11(9-15)5-7-13)14(18)12-3-2-8-16-10-12/h4-7,12,16H,2-3,8,10H2,1H3/t12-/m1/s1. The van der Waals surface area contributed by atoms with E-state index >= 15 is 0 Å². The lowest BCUT2D eigenvalue weighted by molar-refractivity contribution is -0.122. The summed E-state index contributed by atoms with van der Waals surface area (Å²) in [7, 11) is 1.79. The van der Waals surface area contributed by atoms with Crippen LogP contribution in [0, 0.1) is 17.2 Å². The van der Waals surface area contributed by atoms with Gasteiger partial charge in [0.1, 0.15) is 0 Å². The van der Waals surface area contributed by atoms with Gasteiger partial charge in [-0.2, -0.15) is 5.26 Å². The van der Waals surface area contributed by atoms with Crippen LogP contribution in [0.25, 0.3) is 0 Å². The van der Waals surface area contributed by atoms with E-state index in [4.69, 9.17) is 5.26 Å². The first-order valence-electron chi connectivity index (χ1n) is 6.21. The van der Waals surface area contributed by atoms with Crippen molar-refractivity contribution in [3.8, 4) is 6.07 Å². The number of amides is 1. The van der Waals surface area contributed by atoms with Crippen LogP contribution in [0.3, 0.4) is 0 Å². The van der Waals surface area contributed by atoms with E-state index in [1.165, 1.54) is 0 Å². The number of nitriles is 1. The van der Waals surface area contributed by atoms with Gasteiger partial charge < -0.3 is 10.2 Å². The molecule has 1 atom stereocenters. The maximum absolute atomic E-state index is 12.3. The lowest BCUT2D eigenvalue weighted by Gasteiger charge is -2.27. The quantitative estimate of drug-likeness (QED) is 0.856. The lowest BCUT2D eigenvalue weighted by atomic mass is 9.98. The molecule has 1 fully saturated rings. The summed E-state index contributed by atoms with van der Waals surface area (Å²) in [5.74, 6) is 0.214. The average molecular weight is 243 g/mol. The second-order valence-electron chi connectivity index (χ2n) is 4.60. The molecule has 1 aromatic rings. The predicted octanol–water partition coefficient (Wildman–Crippen LogP) is 1.52. The van der Waals surface area contributed by atoms with Crippen LogP contribution in [0.15, 0.2) is 24.3 Å². The van der Waals surface area contributed by atoms with Crippen LogP contribution in [0.1, 0.15) is 18.4 Å². The molecule has 0 aliphatic carbocycles. The number of piperidine rings is 1. The predicted molar refractivity (Wildman–Crippen MR) is 70.2 cm³/mol. The second kappa shape index (κ2) is 5.65. The molecule has 18 heavy (non-hydrogen) atoms. The summed E-state index contributed by atoms with van der Waals surface area (Å²) in [5.41, 5.74) is 1.45. The highest BCUT2D eigenvalue weighted by Gasteiger charge is 2.24. The fourth-order valence-corrected chi connectivity index (χ4v) is 2.22. The minimum absolute atomic E-state index is 0.0689. The Morgan fingerprint density at radius 2 is 2.17 bits per heavy atom. The third kappa shape index (κ3) is 2.69. The lowest BCUT2D eigenvalue weighted by Crippen LogP contribution is -2.41. The monoisotopic (exact) mass is 243 g/mol. The molecule has 0 bridgehead atoms. The van der Waals surface area contributed by atoms with E-state index in [1.807, 2.05) is 12.1 Å². The zero-order valence-electron chi connectivity index (χ0n) is 10.5. The van der Waals surface area contributed by atoms with Gasteiger partial charge in [-0.1, -0.05) is 0 Å². The molecule has 1 aliphatic heterocycles. The Balaban J connectivity index is 2.07.